The molecular weight excluding hydrogens is 309 g/mol. The van der Waals surface area contributed by atoms with Gasteiger partial charge in [-0.1, -0.05) is 11.6 Å². The van der Waals surface area contributed by atoms with Crippen LogP contribution in [-0.2, 0) is 10.9 Å². The molecule has 0 amide bonds. The predicted octanol–water partition coefficient (Wildman–Crippen LogP) is 2.53. The first-order valence-corrected chi connectivity index (χ1v) is 6.43. The second kappa shape index (κ2) is 7.46. The summed E-state index contributed by atoms with van der Waals surface area (Å²) in [7, 11) is 1.50. The normalized spacial score (nSPS) is 11.5. The Morgan fingerprint density at radius 2 is 2.14 bits per heavy atom. The van der Waals surface area contributed by atoms with E-state index in [-0.39, 0.29) is 23.1 Å². The van der Waals surface area contributed by atoms with E-state index in [0.717, 1.165) is 12.3 Å². The Kier molecular flexibility index (Phi) is 6.22. The van der Waals surface area contributed by atoms with Gasteiger partial charge in [-0.25, -0.2) is 4.98 Å². The minimum atomic E-state index is -4.49. The highest BCUT2D eigenvalue weighted by Gasteiger charge is 2.32. The van der Waals surface area contributed by atoms with Gasteiger partial charge in [-0.15, -0.1) is 0 Å². The fourth-order valence-electron chi connectivity index (χ4n) is 1.60. The van der Waals surface area contributed by atoms with Crippen LogP contribution in [0.2, 0.25) is 5.02 Å². The van der Waals surface area contributed by atoms with Crippen LogP contribution in [0.4, 0.5) is 19.0 Å². The Bertz CT molecular complexity index is 496. The van der Waals surface area contributed by atoms with E-state index in [9.17, 15) is 13.2 Å². The van der Waals surface area contributed by atoms with Crippen LogP contribution in [0.3, 0.4) is 0 Å². The van der Waals surface area contributed by atoms with E-state index in [4.69, 9.17) is 27.5 Å². The first-order valence-electron chi connectivity index (χ1n) is 6.05. The molecular formula is C12H16ClF3N4O. The Hall–Kier alpha value is -1.54. The summed E-state index contributed by atoms with van der Waals surface area (Å²) >= 11 is 5.89. The molecule has 0 bridgehead atoms. The summed E-state index contributed by atoms with van der Waals surface area (Å²) in [6.07, 6.45) is -3.51. The van der Waals surface area contributed by atoms with Crippen LogP contribution < -0.4 is 10.6 Å². The summed E-state index contributed by atoms with van der Waals surface area (Å²) in [6.45, 7) is 1.04. The van der Waals surface area contributed by atoms with Crippen LogP contribution in [0.1, 0.15) is 12.0 Å². The molecule has 9 heteroatoms. The van der Waals surface area contributed by atoms with Gasteiger partial charge < -0.3 is 15.4 Å². The zero-order valence-electron chi connectivity index (χ0n) is 11.4. The van der Waals surface area contributed by atoms with E-state index in [0.29, 0.717) is 19.7 Å². The maximum absolute atomic E-state index is 12.6. The van der Waals surface area contributed by atoms with Gasteiger partial charge in [-0.3, -0.25) is 5.41 Å². The van der Waals surface area contributed by atoms with Crippen LogP contribution in [0.25, 0.3) is 0 Å². The highest BCUT2D eigenvalue weighted by Crippen LogP contribution is 2.33. The number of hydrogen-bond acceptors (Lipinski definition) is 4. The third kappa shape index (κ3) is 5.39. The number of rotatable bonds is 7. The monoisotopic (exact) mass is 324 g/mol. The molecule has 1 aromatic rings. The van der Waals surface area contributed by atoms with E-state index in [1.165, 1.54) is 7.11 Å². The molecule has 3 N–H and O–H groups in total. The van der Waals surface area contributed by atoms with Crippen LogP contribution >= 0.6 is 11.6 Å². The Balaban J connectivity index is 2.98. The molecule has 0 aliphatic heterocycles. The molecule has 1 aromatic heterocycles. The second-order valence-corrected chi connectivity index (χ2v) is 4.69. The number of pyridine rings is 1. The first kappa shape index (κ1) is 17.5. The van der Waals surface area contributed by atoms with Crippen molar-refractivity contribution in [1.29, 1.82) is 5.41 Å². The summed E-state index contributed by atoms with van der Waals surface area (Å²) in [5.41, 5.74) is 4.38. The first-order chi connectivity index (χ1) is 9.75. The van der Waals surface area contributed by atoms with Crippen molar-refractivity contribution in [2.45, 2.75) is 12.6 Å². The minimum absolute atomic E-state index is 0.0274. The molecule has 0 atom stereocenters. The number of aromatic nitrogens is 1. The maximum atomic E-state index is 12.6. The molecule has 0 saturated heterocycles. The average Bonchev–Trinajstić information content (AvgIpc) is 2.38. The van der Waals surface area contributed by atoms with Crippen LogP contribution in [0.15, 0.2) is 12.3 Å². The number of nitrogens with one attached hydrogen (secondary N) is 1. The number of anilines is 1. The Labute approximate surface area is 125 Å². The molecule has 0 radical (unpaired) electrons. The smallest absolute Gasteiger partial charge is 0.388 e. The molecule has 0 aliphatic rings. The van der Waals surface area contributed by atoms with Crippen LogP contribution in [-0.4, -0.2) is 37.6 Å². The zero-order chi connectivity index (χ0) is 16.0. The van der Waals surface area contributed by atoms with Crippen molar-refractivity contribution >= 4 is 23.3 Å². The van der Waals surface area contributed by atoms with Crippen molar-refractivity contribution in [1.82, 2.24) is 4.98 Å². The molecule has 1 rings (SSSR count). The van der Waals surface area contributed by atoms with Crippen molar-refractivity contribution in [3.8, 4) is 0 Å². The topological polar surface area (TPSA) is 75.2 Å². The van der Waals surface area contributed by atoms with E-state index < -0.39 is 11.7 Å². The molecule has 0 unspecified atom stereocenters. The van der Waals surface area contributed by atoms with Gasteiger partial charge in [0, 0.05) is 32.8 Å². The standard InChI is InChI=1S/C12H16ClF3N4O/c1-21-5-4-20(3-2-10(17)18)11-9(13)6-8(7-19-11)12(14,15)16/h6-7H,2-5H2,1H3,(H3,17,18). The largest absolute Gasteiger partial charge is 0.417 e. The zero-order valence-corrected chi connectivity index (χ0v) is 12.1. The predicted molar refractivity (Wildman–Crippen MR) is 74.9 cm³/mol. The minimum Gasteiger partial charge on any atom is -0.388 e. The van der Waals surface area contributed by atoms with Gasteiger partial charge in [0.15, 0.2) is 0 Å². The Morgan fingerprint density at radius 1 is 1.48 bits per heavy atom. The molecule has 21 heavy (non-hydrogen) atoms. The number of alkyl halides is 3. The van der Waals surface area contributed by atoms with Crippen molar-refractivity contribution in [2.24, 2.45) is 5.73 Å². The fraction of sp³-hybridized carbons (Fsp3) is 0.500. The maximum Gasteiger partial charge on any atom is 0.417 e. The van der Waals surface area contributed by atoms with Gasteiger partial charge in [0.25, 0.3) is 0 Å². The highest BCUT2D eigenvalue weighted by atomic mass is 35.5. The lowest BCUT2D eigenvalue weighted by Crippen LogP contribution is -2.32. The van der Waals surface area contributed by atoms with Crippen LogP contribution in [0.5, 0.6) is 0 Å². The Morgan fingerprint density at radius 3 is 2.62 bits per heavy atom. The third-order valence-electron chi connectivity index (χ3n) is 2.67. The quantitative estimate of drug-likeness (QED) is 0.597. The number of ether oxygens (including phenoxy) is 1. The molecule has 118 valence electrons. The lowest BCUT2D eigenvalue weighted by atomic mass is 10.2. The van der Waals surface area contributed by atoms with Crippen molar-refractivity contribution < 1.29 is 17.9 Å². The van der Waals surface area contributed by atoms with Crippen molar-refractivity contribution in [2.75, 3.05) is 31.7 Å². The molecule has 0 fully saturated rings. The van der Waals surface area contributed by atoms with Crippen molar-refractivity contribution in [3.63, 3.8) is 0 Å². The molecule has 1 heterocycles. The van der Waals surface area contributed by atoms with Gasteiger partial charge in [0.2, 0.25) is 0 Å². The number of nitrogens with two attached hydrogens (primary N) is 1. The second-order valence-electron chi connectivity index (χ2n) is 4.28. The molecule has 0 spiro atoms. The van der Waals surface area contributed by atoms with E-state index in [1.54, 1.807) is 4.90 Å². The van der Waals surface area contributed by atoms with E-state index in [2.05, 4.69) is 4.98 Å². The van der Waals surface area contributed by atoms with Gasteiger partial charge in [-0.05, 0) is 6.07 Å². The number of hydrogen-bond donors (Lipinski definition) is 2. The number of methoxy groups -OCH3 is 1. The summed E-state index contributed by atoms with van der Waals surface area (Å²) in [5.74, 6) is 0.184. The number of amidine groups is 1. The number of halogens is 4. The molecule has 5 nitrogen and oxygen atoms in total. The summed E-state index contributed by atoms with van der Waals surface area (Å²) < 4.78 is 42.7. The lowest BCUT2D eigenvalue weighted by Gasteiger charge is -2.24. The fourth-order valence-corrected chi connectivity index (χ4v) is 1.88. The van der Waals surface area contributed by atoms with Crippen LogP contribution in [0, 0.1) is 5.41 Å². The SMILES string of the molecule is COCCN(CCC(=N)N)c1ncc(C(F)(F)F)cc1Cl. The average molecular weight is 325 g/mol. The van der Waals surface area contributed by atoms with Gasteiger partial charge in [0.05, 0.1) is 23.0 Å². The summed E-state index contributed by atoms with van der Waals surface area (Å²) in [4.78, 5) is 5.42. The van der Waals surface area contributed by atoms with E-state index in [1.807, 2.05) is 0 Å². The van der Waals surface area contributed by atoms with Gasteiger partial charge in [0.1, 0.15) is 5.82 Å². The summed E-state index contributed by atoms with van der Waals surface area (Å²) in [5, 5.41) is 7.11. The lowest BCUT2D eigenvalue weighted by molar-refractivity contribution is -0.137. The van der Waals surface area contributed by atoms with Crippen molar-refractivity contribution in [3.05, 3.63) is 22.8 Å². The summed E-state index contributed by atoms with van der Waals surface area (Å²) in [6, 6.07) is 0.831. The molecule has 0 saturated carbocycles. The molecule has 0 aromatic carbocycles. The van der Waals surface area contributed by atoms with E-state index >= 15 is 0 Å². The third-order valence-corrected chi connectivity index (χ3v) is 2.94. The number of nitrogens with zero attached hydrogens (tertiary/aromatic N) is 2. The van der Waals surface area contributed by atoms with Gasteiger partial charge in [-0.2, -0.15) is 13.2 Å². The highest BCUT2D eigenvalue weighted by molar-refractivity contribution is 6.33. The van der Waals surface area contributed by atoms with Gasteiger partial charge >= 0.3 is 6.18 Å². The molecule has 0 aliphatic carbocycles.